The average Bonchev–Trinajstić information content (AvgIpc) is 2.73. The van der Waals surface area contributed by atoms with Crippen molar-refractivity contribution in [1.29, 1.82) is 15.8 Å². The van der Waals surface area contributed by atoms with E-state index in [9.17, 15) is 15.8 Å². The van der Waals surface area contributed by atoms with Crippen molar-refractivity contribution in [3.05, 3.63) is 70.9 Å². The number of fused-ring (bicyclic) bond motifs is 2. The van der Waals surface area contributed by atoms with Crippen molar-refractivity contribution in [2.75, 3.05) is 0 Å². The van der Waals surface area contributed by atoms with Gasteiger partial charge in [0.25, 0.3) is 0 Å². The summed E-state index contributed by atoms with van der Waals surface area (Å²) in [5, 5.41) is 32.0. The molecule has 4 rings (SSSR count). The molecule has 2 aliphatic rings. The zero-order chi connectivity index (χ0) is 19.0. The summed E-state index contributed by atoms with van der Waals surface area (Å²) >= 11 is 0. The molecule has 0 saturated heterocycles. The number of nitriles is 3. The van der Waals surface area contributed by atoms with Gasteiger partial charge < -0.3 is 5.73 Å². The Kier molecular flexibility index (Phi) is 3.95. The molecule has 0 radical (unpaired) electrons. The van der Waals surface area contributed by atoms with Crippen molar-refractivity contribution in [2.24, 2.45) is 17.1 Å². The predicted molar refractivity (Wildman–Crippen MR) is 103 cm³/mol. The molecular formula is C23H18N4. The number of hydrogen-bond donors (Lipinski definition) is 1. The van der Waals surface area contributed by atoms with Gasteiger partial charge in [0.2, 0.25) is 0 Å². The van der Waals surface area contributed by atoms with E-state index in [4.69, 9.17) is 5.73 Å². The Labute approximate surface area is 158 Å². The molecule has 0 bridgehead atoms. The van der Waals surface area contributed by atoms with Crippen molar-refractivity contribution in [3.8, 4) is 18.2 Å². The molecule has 0 unspecified atom stereocenters. The van der Waals surface area contributed by atoms with Crippen LogP contribution in [0.4, 0.5) is 0 Å². The van der Waals surface area contributed by atoms with Gasteiger partial charge in [0.15, 0.2) is 5.41 Å². The van der Waals surface area contributed by atoms with Gasteiger partial charge in [-0.05, 0) is 47.1 Å². The minimum atomic E-state index is -1.55. The van der Waals surface area contributed by atoms with Gasteiger partial charge in [-0.25, -0.2) is 0 Å². The van der Waals surface area contributed by atoms with E-state index < -0.39 is 11.3 Å². The number of rotatable bonds is 1. The Morgan fingerprint density at radius 2 is 1.74 bits per heavy atom. The van der Waals surface area contributed by atoms with Crippen LogP contribution in [0, 0.1) is 45.3 Å². The van der Waals surface area contributed by atoms with Crippen LogP contribution in [0.15, 0.2) is 65.4 Å². The lowest BCUT2D eigenvalue weighted by molar-refractivity contribution is 0.319. The number of allylic oxidation sites excluding steroid dienone is 4. The minimum Gasteiger partial charge on any atom is -0.399 e. The van der Waals surface area contributed by atoms with Gasteiger partial charge in [-0.1, -0.05) is 48.5 Å². The van der Waals surface area contributed by atoms with Crippen molar-refractivity contribution < 1.29 is 0 Å². The minimum absolute atomic E-state index is 0.0641. The first-order valence-electron chi connectivity index (χ1n) is 9.09. The van der Waals surface area contributed by atoms with Crippen LogP contribution in [0.25, 0.3) is 10.8 Å². The second-order valence-corrected chi connectivity index (χ2v) is 7.18. The lowest BCUT2D eigenvalue weighted by Crippen LogP contribution is -2.42. The molecule has 2 atom stereocenters. The number of hydrogen-bond acceptors (Lipinski definition) is 4. The molecule has 0 spiro atoms. The fourth-order valence-corrected chi connectivity index (χ4v) is 4.74. The Balaban J connectivity index is 2.09. The van der Waals surface area contributed by atoms with Crippen LogP contribution in [0.2, 0.25) is 0 Å². The Morgan fingerprint density at radius 3 is 2.48 bits per heavy atom. The largest absolute Gasteiger partial charge is 0.399 e. The summed E-state index contributed by atoms with van der Waals surface area (Å²) in [6.07, 6.45) is 4.76. The van der Waals surface area contributed by atoms with Crippen LogP contribution in [-0.2, 0) is 0 Å². The van der Waals surface area contributed by atoms with Crippen LogP contribution in [-0.4, -0.2) is 0 Å². The third-order valence-electron chi connectivity index (χ3n) is 5.96. The fraction of sp³-hybridized carbons (Fsp3) is 0.261. The van der Waals surface area contributed by atoms with Crippen molar-refractivity contribution in [3.63, 3.8) is 0 Å². The zero-order valence-corrected chi connectivity index (χ0v) is 14.8. The maximum atomic E-state index is 10.1. The Bertz CT molecular complexity index is 1100. The van der Waals surface area contributed by atoms with E-state index >= 15 is 0 Å². The predicted octanol–water partition coefficient (Wildman–Crippen LogP) is 4.43. The molecule has 130 valence electrons. The molecule has 4 heteroatoms. The molecule has 2 aromatic carbocycles. The highest BCUT2D eigenvalue weighted by molar-refractivity contribution is 5.87. The summed E-state index contributed by atoms with van der Waals surface area (Å²) in [5.41, 5.74) is 7.06. The van der Waals surface area contributed by atoms with Gasteiger partial charge >= 0.3 is 0 Å². The van der Waals surface area contributed by atoms with Crippen LogP contribution in [0.1, 0.15) is 30.7 Å². The molecular weight excluding hydrogens is 332 g/mol. The normalized spacial score (nSPS) is 23.5. The third-order valence-corrected chi connectivity index (χ3v) is 5.96. The maximum absolute atomic E-state index is 10.1. The summed E-state index contributed by atoms with van der Waals surface area (Å²) < 4.78 is 0. The lowest BCUT2D eigenvalue weighted by Gasteiger charge is -2.43. The number of nitrogens with two attached hydrogens (primary N) is 1. The van der Waals surface area contributed by atoms with Crippen LogP contribution >= 0.6 is 0 Å². The quantitative estimate of drug-likeness (QED) is 0.822. The molecule has 0 fully saturated rings. The van der Waals surface area contributed by atoms with E-state index in [0.717, 1.165) is 41.2 Å². The smallest absolute Gasteiger partial charge is 0.191 e. The van der Waals surface area contributed by atoms with Gasteiger partial charge in [0.05, 0.1) is 23.4 Å². The SMILES string of the molecule is N#CC1=C(N)C(C#N)(C#N)[C@@H](c2cccc3ccccc23)[C@H]2CCCC=C12. The maximum Gasteiger partial charge on any atom is 0.191 e. The highest BCUT2D eigenvalue weighted by Gasteiger charge is 2.54. The molecule has 0 saturated carbocycles. The molecule has 27 heavy (non-hydrogen) atoms. The van der Waals surface area contributed by atoms with Gasteiger partial charge in [0, 0.05) is 5.92 Å². The highest BCUT2D eigenvalue weighted by atomic mass is 14.7. The van der Waals surface area contributed by atoms with E-state index in [-0.39, 0.29) is 11.6 Å². The van der Waals surface area contributed by atoms with Crippen LogP contribution in [0.5, 0.6) is 0 Å². The molecule has 0 aromatic heterocycles. The van der Waals surface area contributed by atoms with Gasteiger partial charge in [0.1, 0.15) is 6.07 Å². The van der Waals surface area contributed by atoms with Crippen molar-refractivity contribution >= 4 is 10.8 Å². The van der Waals surface area contributed by atoms with Crippen LogP contribution < -0.4 is 5.73 Å². The molecule has 2 aliphatic carbocycles. The monoisotopic (exact) mass is 350 g/mol. The first kappa shape index (κ1) is 16.9. The molecule has 0 amide bonds. The second kappa shape index (κ2) is 6.31. The van der Waals surface area contributed by atoms with E-state index in [0.29, 0.717) is 5.57 Å². The number of benzene rings is 2. The van der Waals surface area contributed by atoms with Gasteiger partial charge in [-0.2, -0.15) is 15.8 Å². The van der Waals surface area contributed by atoms with E-state index in [1.54, 1.807) is 0 Å². The van der Waals surface area contributed by atoms with E-state index in [2.05, 4.69) is 24.3 Å². The van der Waals surface area contributed by atoms with Crippen molar-refractivity contribution in [1.82, 2.24) is 0 Å². The van der Waals surface area contributed by atoms with Gasteiger partial charge in [-0.15, -0.1) is 0 Å². The van der Waals surface area contributed by atoms with Crippen molar-refractivity contribution in [2.45, 2.75) is 25.2 Å². The molecule has 4 nitrogen and oxygen atoms in total. The average molecular weight is 350 g/mol. The molecule has 2 N–H and O–H groups in total. The molecule has 2 aromatic rings. The highest BCUT2D eigenvalue weighted by Crippen LogP contribution is 2.56. The fourth-order valence-electron chi connectivity index (χ4n) is 4.74. The molecule has 0 heterocycles. The molecule has 0 aliphatic heterocycles. The second-order valence-electron chi connectivity index (χ2n) is 7.18. The topological polar surface area (TPSA) is 97.4 Å². The lowest BCUT2D eigenvalue weighted by atomic mass is 9.56. The summed E-state index contributed by atoms with van der Waals surface area (Å²) in [6.45, 7) is 0. The summed E-state index contributed by atoms with van der Waals surface area (Å²) in [4.78, 5) is 0. The Hall–Kier alpha value is -3.55. The number of nitrogens with zero attached hydrogens (tertiary/aromatic N) is 3. The van der Waals surface area contributed by atoms with E-state index in [1.165, 1.54) is 0 Å². The summed E-state index contributed by atoms with van der Waals surface area (Å²) in [7, 11) is 0. The van der Waals surface area contributed by atoms with Gasteiger partial charge in [-0.3, -0.25) is 0 Å². The van der Waals surface area contributed by atoms with Crippen LogP contribution in [0.3, 0.4) is 0 Å². The Morgan fingerprint density at radius 1 is 1.00 bits per heavy atom. The first-order valence-corrected chi connectivity index (χ1v) is 9.09. The standard InChI is InChI=1S/C23H18N4/c24-12-20-17-9-3-4-10-19(17)21(23(13-25,14-26)22(20)27)18-11-5-7-15-6-1-2-8-16(15)18/h1-2,5-9,11,19,21H,3-4,10,27H2/t19-,21-/m0/s1. The first-order chi connectivity index (χ1) is 13.2. The van der Waals surface area contributed by atoms with E-state index in [1.807, 2.05) is 42.5 Å². The summed E-state index contributed by atoms with van der Waals surface area (Å²) in [6, 6.07) is 20.6. The third kappa shape index (κ3) is 2.26. The zero-order valence-electron chi connectivity index (χ0n) is 14.8. The summed E-state index contributed by atoms with van der Waals surface area (Å²) in [5.74, 6) is -0.465.